The summed E-state index contributed by atoms with van der Waals surface area (Å²) in [6, 6.07) is 0. The lowest BCUT2D eigenvalue weighted by Gasteiger charge is -2.37. The fraction of sp³-hybridized carbons (Fsp3) is 0.917. The van der Waals surface area contributed by atoms with Crippen LogP contribution in [0.15, 0.2) is 0 Å². The molecule has 0 saturated carbocycles. The summed E-state index contributed by atoms with van der Waals surface area (Å²) in [4.78, 5) is 0. The SMILES string of the molecule is CCCC[CH+]O[Si](C)(C)C.O=S(=O)(O[B-](OS(=O)(=O)C(F)(F)F)(OS(=O)(=O)C(F)(F)F)OS(=O)(=O)C(F)(F)F)C(F)(F)F. The van der Waals surface area contributed by atoms with Gasteiger partial charge in [0.05, 0.1) is 0 Å². The van der Waals surface area contributed by atoms with Crippen LogP contribution in [0.5, 0.6) is 0 Å². The van der Waals surface area contributed by atoms with E-state index in [1.807, 2.05) is 6.61 Å². The Balaban J connectivity index is 0. The van der Waals surface area contributed by atoms with E-state index < -0.39 is 77.8 Å². The number of rotatable bonds is 13. The van der Waals surface area contributed by atoms with Crippen molar-refractivity contribution in [1.82, 2.24) is 0 Å². The Kier molecular flexibility index (Phi) is 14.5. The van der Waals surface area contributed by atoms with Crippen LogP contribution >= 0.6 is 0 Å². The van der Waals surface area contributed by atoms with Gasteiger partial charge in [0.2, 0.25) is 6.61 Å². The van der Waals surface area contributed by atoms with Gasteiger partial charge in [-0.2, -0.15) is 86.4 Å². The highest BCUT2D eigenvalue weighted by atomic mass is 32.2. The van der Waals surface area contributed by atoms with Crippen LogP contribution in [0.2, 0.25) is 19.6 Å². The van der Waals surface area contributed by atoms with Crippen LogP contribution in [0.4, 0.5) is 52.7 Å². The summed E-state index contributed by atoms with van der Waals surface area (Å²) in [6.45, 7) is 2.90. The highest BCUT2D eigenvalue weighted by Crippen LogP contribution is 2.39. The summed E-state index contributed by atoms with van der Waals surface area (Å²) < 4.78 is 250. The third kappa shape index (κ3) is 14.3. The fourth-order valence-electron chi connectivity index (χ4n) is 1.53. The molecule has 0 aromatic heterocycles. The largest absolute Gasteiger partial charge is 0.587 e. The molecule has 0 atom stereocenters. The molecular formula is C12H19BF12O13S4Si. The Morgan fingerprint density at radius 1 is 0.558 bits per heavy atom. The third-order valence-electron chi connectivity index (χ3n) is 3.22. The first-order valence-electron chi connectivity index (χ1n) is 10.1. The van der Waals surface area contributed by atoms with Crippen molar-refractivity contribution in [3.8, 4) is 0 Å². The highest BCUT2D eigenvalue weighted by Gasteiger charge is 2.64. The van der Waals surface area contributed by atoms with E-state index in [1.165, 1.54) is 12.8 Å². The van der Waals surface area contributed by atoms with Crippen LogP contribution in [0.25, 0.3) is 0 Å². The average molecular weight is 766 g/mol. The van der Waals surface area contributed by atoms with Gasteiger partial charge in [0, 0.05) is 0 Å². The maximum Gasteiger partial charge on any atom is 0.587 e. The molecule has 0 saturated heterocycles. The molecule has 0 rings (SSSR count). The van der Waals surface area contributed by atoms with Gasteiger partial charge in [-0.1, -0.05) is 13.3 Å². The van der Waals surface area contributed by atoms with Crippen LogP contribution in [0, 0.1) is 6.61 Å². The molecule has 0 radical (unpaired) electrons. The Hall–Kier alpha value is -1.09. The summed E-state index contributed by atoms with van der Waals surface area (Å²) >= 11 is 0. The van der Waals surface area contributed by atoms with Gasteiger partial charge in [-0.15, -0.1) is 0 Å². The number of hydrogen-bond donors (Lipinski definition) is 0. The highest BCUT2D eigenvalue weighted by molar-refractivity contribution is 7.93. The molecular weight excluding hydrogens is 747 g/mol. The smallest absolute Gasteiger partial charge is 0.398 e. The van der Waals surface area contributed by atoms with Crippen LogP contribution in [-0.4, -0.2) is 71.0 Å². The molecule has 260 valence electrons. The Labute approximate surface area is 237 Å². The number of hydrogen-bond acceptors (Lipinski definition) is 13. The van der Waals surface area contributed by atoms with Gasteiger partial charge in [0.15, 0.2) is 0 Å². The maximum atomic E-state index is 12.4. The second-order valence-corrected chi connectivity index (χ2v) is 18.8. The molecule has 0 aliphatic heterocycles. The van der Waals surface area contributed by atoms with Gasteiger partial charge in [-0.05, 0) is 26.1 Å². The number of unbranched alkanes of at least 4 members (excludes halogenated alkanes) is 2. The molecule has 0 aliphatic carbocycles. The lowest BCUT2D eigenvalue weighted by atomic mass is 10.1. The summed E-state index contributed by atoms with van der Waals surface area (Å²) in [5.41, 5.74) is -28.5. The molecule has 0 bridgehead atoms. The fourth-order valence-corrected chi connectivity index (χ4v) is 4.60. The predicted octanol–water partition coefficient (Wildman–Crippen LogP) is 4.08. The van der Waals surface area contributed by atoms with E-state index >= 15 is 0 Å². The minimum Gasteiger partial charge on any atom is -0.398 e. The number of alkyl halides is 12. The molecule has 0 fully saturated rings. The zero-order chi connectivity index (χ0) is 35.4. The van der Waals surface area contributed by atoms with Crippen LogP contribution in [0.1, 0.15) is 26.2 Å². The Morgan fingerprint density at radius 2 is 0.791 bits per heavy atom. The normalized spacial score (nSPS) is 15.1. The lowest BCUT2D eigenvalue weighted by Crippen LogP contribution is -2.59. The summed E-state index contributed by atoms with van der Waals surface area (Å²) in [6.07, 6.45) is 3.62. The third-order valence-corrected chi connectivity index (χ3v) is 8.32. The molecule has 31 heteroatoms. The summed E-state index contributed by atoms with van der Waals surface area (Å²) in [5, 5.41) is 0. The first-order chi connectivity index (χ1) is 18.4. The molecule has 43 heavy (non-hydrogen) atoms. The van der Waals surface area contributed by atoms with Crippen molar-refractivity contribution in [1.29, 1.82) is 0 Å². The van der Waals surface area contributed by atoms with E-state index in [2.05, 4.69) is 43.0 Å². The second-order valence-electron chi connectivity index (χ2n) is 8.10. The molecule has 0 aromatic carbocycles. The zero-order valence-electron chi connectivity index (χ0n) is 21.3. The quantitative estimate of drug-likeness (QED) is 0.0861. The van der Waals surface area contributed by atoms with Gasteiger partial charge < -0.3 is 16.4 Å². The first kappa shape index (κ1) is 44.0. The van der Waals surface area contributed by atoms with E-state index in [0.29, 0.717) is 0 Å². The average Bonchev–Trinajstić information content (AvgIpc) is 2.65. The van der Waals surface area contributed by atoms with Crippen molar-refractivity contribution in [2.75, 3.05) is 0 Å². The minimum absolute atomic E-state index is 1.11. The van der Waals surface area contributed by atoms with Gasteiger partial charge in [0.25, 0.3) is 8.32 Å². The van der Waals surface area contributed by atoms with E-state index in [0.717, 1.165) is 6.42 Å². The first-order valence-corrected chi connectivity index (χ1v) is 19.1. The van der Waals surface area contributed by atoms with Gasteiger partial charge in [-0.25, -0.2) is 4.43 Å². The standard InChI is InChI=1S/C8H19OSi.C4BF12O12S4/c1-5-6-7-8-9-10(2,3)4;6-1(7,8)30(18,19)26-5(27-31(20,21)2(9,10)11,28-32(22,23)3(12,13)14)29-33(24,25)4(15,16)17/h8H,5-7H2,1-4H3;/q+1;-1. The van der Waals surface area contributed by atoms with E-state index in [9.17, 15) is 86.4 Å². The van der Waals surface area contributed by atoms with Gasteiger partial charge in [0.1, 0.15) is 6.42 Å². The second kappa shape index (κ2) is 14.1. The molecule has 0 aliphatic rings. The topological polar surface area (TPSA) is 183 Å². The molecule has 0 aromatic rings. The Morgan fingerprint density at radius 3 is 0.953 bits per heavy atom. The van der Waals surface area contributed by atoms with Crippen LogP contribution in [-0.2, 0) is 61.3 Å². The van der Waals surface area contributed by atoms with E-state index in [1.54, 1.807) is 0 Å². The molecule has 0 N–H and O–H groups in total. The van der Waals surface area contributed by atoms with Crippen molar-refractivity contribution in [3.05, 3.63) is 6.61 Å². The van der Waals surface area contributed by atoms with E-state index in [-0.39, 0.29) is 0 Å². The Bertz CT molecular complexity index is 1160. The van der Waals surface area contributed by atoms with Gasteiger partial charge in [-0.3, -0.25) is 0 Å². The lowest BCUT2D eigenvalue weighted by molar-refractivity contribution is -0.0651. The number of halogens is 12. The van der Waals surface area contributed by atoms with Crippen molar-refractivity contribution < 1.29 is 107 Å². The summed E-state index contributed by atoms with van der Waals surface area (Å²) in [7, 11) is -33.5. The maximum absolute atomic E-state index is 12.4. The van der Waals surface area contributed by atoms with Crippen molar-refractivity contribution in [2.24, 2.45) is 0 Å². The van der Waals surface area contributed by atoms with Gasteiger partial charge >= 0.3 is 69.5 Å². The molecule has 13 nitrogen and oxygen atoms in total. The molecule has 0 amide bonds. The molecule has 0 spiro atoms. The van der Waals surface area contributed by atoms with Crippen molar-refractivity contribution >= 4 is 55.7 Å². The summed E-state index contributed by atoms with van der Waals surface area (Å²) in [5.74, 6) is 0. The van der Waals surface area contributed by atoms with Crippen LogP contribution in [0.3, 0.4) is 0 Å². The zero-order valence-corrected chi connectivity index (χ0v) is 25.5. The van der Waals surface area contributed by atoms with Crippen LogP contribution < -0.4 is 0 Å². The predicted molar refractivity (Wildman–Crippen MR) is 118 cm³/mol. The minimum atomic E-state index is -8.05. The van der Waals surface area contributed by atoms with Crippen molar-refractivity contribution in [2.45, 2.75) is 67.9 Å². The molecule has 0 unspecified atom stereocenters. The monoisotopic (exact) mass is 766 g/mol. The molecule has 0 heterocycles. The van der Waals surface area contributed by atoms with E-state index in [4.69, 9.17) is 4.43 Å². The van der Waals surface area contributed by atoms with Crippen molar-refractivity contribution in [3.63, 3.8) is 0 Å².